The number of halogens is 1. The first kappa shape index (κ1) is 19.2. The lowest BCUT2D eigenvalue weighted by Gasteiger charge is -2.18. The molecule has 2 aromatic carbocycles. The van der Waals surface area contributed by atoms with Crippen LogP contribution in [0.3, 0.4) is 0 Å². The second kappa shape index (κ2) is 8.79. The van der Waals surface area contributed by atoms with Crippen molar-refractivity contribution in [2.45, 2.75) is 31.7 Å². The monoisotopic (exact) mass is 359 g/mol. The highest BCUT2D eigenvalue weighted by molar-refractivity contribution is 6.30. The fourth-order valence-corrected chi connectivity index (χ4v) is 2.96. The Balaban J connectivity index is 2.10. The summed E-state index contributed by atoms with van der Waals surface area (Å²) in [6, 6.07) is 13.5. The first-order valence-electron chi connectivity index (χ1n) is 8.18. The molecule has 0 amide bonds. The van der Waals surface area contributed by atoms with Crippen LogP contribution in [0.2, 0.25) is 5.02 Å². The maximum Gasteiger partial charge on any atom is 0.337 e. The molecule has 0 radical (unpaired) electrons. The summed E-state index contributed by atoms with van der Waals surface area (Å²) in [5.41, 5.74) is 8.31. The Morgan fingerprint density at radius 3 is 2.36 bits per heavy atom. The Morgan fingerprint density at radius 2 is 1.80 bits per heavy atom. The molecule has 4 nitrogen and oxygen atoms in total. The van der Waals surface area contributed by atoms with Gasteiger partial charge >= 0.3 is 5.97 Å². The quantitative estimate of drug-likeness (QED) is 0.749. The van der Waals surface area contributed by atoms with Crippen LogP contribution in [0.5, 0.6) is 0 Å². The smallest absolute Gasteiger partial charge is 0.337 e. The van der Waals surface area contributed by atoms with Gasteiger partial charge in [-0.25, -0.2) is 4.79 Å². The van der Waals surface area contributed by atoms with Crippen molar-refractivity contribution in [2.24, 2.45) is 5.73 Å². The number of hydrogen-bond donors (Lipinski definition) is 1. The third kappa shape index (κ3) is 4.91. The Morgan fingerprint density at radius 1 is 1.12 bits per heavy atom. The molecule has 0 heterocycles. The van der Waals surface area contributed by atoms with Crippen LogP contribution in [0, 0.1) is 0 Å². The second-order valence-electron chi connectivity index (χ2n) is 5.92. The van der Waals surface area contributed by atoms with Gasteiger partial charge in [0, 0.05) is 11.4 Å². The average Bonchev–Trinajstić information content (AvgIpc) is 2.64. The van der Waals surface area contributed by atoms with Crippen molar-refractivity contribution in [3.63, 3.8) is 0 Å². The number of nitrogens with two attached hydrogens (primary N) is 1. The molecule has 0 aliphatic rings. The molecule has 0 bridgehead atoms. The van der Waals surface area contributed by atoms with Crippen LogP contribution in [0.1, 0.15) is 53.2 Å². The van der Waals surface area contributed by atoms with Crippen molar-refractivity contribution >= 4 is 23.4 Å². The number of ketones is 1. The van der Waals surface area contributed by atoms with Gasteiger partial charge in [0.15, 0.2) is 5.78 Å². The molecule has 0 aromatic heterocycles. The highest BCUT2D eigenvalue weighted by atomic mass is 35.5. The summed E-state index contributed by atoms with van der Waals surface area (Å²) >= 11 is 5.97. The van der Waals surface area contributed by atoms with E-state index in [1.54, 1.807) is 36.4 Å². The molecular formula is C20H22ClNO3. The summed E-state index contributed by atoms with van der Waals surface area (Å²) in [6.07, 6.45) is 1.13. The maximum absolute atomic E-state index is 12.6. The van der Waals surface area contributed by atoms with Gasteiger partial charge in [-0.15, -0.1) is 0 Å². The predicted octanol–water partition coefficient (Wildman–Crippen LogP) is 4.28. The molecule has 2 atom stereocenters. The minimum atomic E-state index is -0.693. The van der Waals surface area contributed by atoms with Gasteiger partial charge in [-0.3, -0.25) is 4.79 Å². The Bertz CT molecular complexity index is 743. The van der Waals surface area contributed by atoms with Gasteiger partial charge in [0.25, 0.3) is 0 Å². The topological polar surface area (TPSA) is 69.4 Å². The molecule has 0 saturated heterocycles. The highest BCUT2D eigenvalue weighted by Crippen LogP contribution is 2.27. The number of Topliss-reactive ketones (excluding diaryl/α,β-unsaturated/α-hetero) is 1. The minimum Gasteiger partial charge on any atom is -0.465 e. The van der Waals surface area contributed by atoms with Crippen LogP contribution >= 0.6 is 11.6 Å². The Hall–Kier alpha value is -2.17. The van der Waals surface area contributed by atoms with E-state index in [0.717, 1.165) is 12.0 Å². The summed E-state index contributed by atoms with van der Waals surface area (Å²) in [5, 5.41) is 0.561. The summed E-state index contributed by atoms with van der Waals surface area (Å²) in [5.74, 6) is -0.366. The van der Waals surface area contributed by atoms with Crippen LogP contribution in [0.4, 0.5) is 0 Å². The molecule has 25 heavy (non-hydrogen) atoms. The minimum absolute atomic E-state index is 0.0360. The van der Waals surface area contributed by atoms with Crippen molar-refractivity contribution in [1.82, 2.24) is 0 Å². The average molecular weight is 360 g/mol. The summed E-state index contributed by atoms with van der Waals surface area (Å²) in [7, 11) is 1.35. The van der Waals surface area contributed by atoms with Crippen molar-refractivity contribution < 1.29 is 14.3 Å². The molecule has 2 aromatic rings. The largest absolute Gasteiger partial charge is 0.465 e. The van der Waals surface area contributed by atoms with Crippen LogP contribution < -0.4 is 5.73 Å². The Labute approximate surface area is 152 Å². The standard InChI is InChI=1S/C20H22ClNO3/c1-3-13(14-7-9-15(10-8-14)20(24)25-2)12-18(23)19(22)16-5-4-6-17(21)11-16/h4-11,13,19H,3,12,22H2,1-2H3/t13-,19?/m0/s1. The van der Waals surface area contributed by atoms with Crippen LogP contribution in [0.15, 0.2) is 48.5 Å². The van der Waals surface area contributed by atoms with E-state index in [0.29, 0.717) is 22.6 Å². The zero-order valence-electron chi connectivity index (χ0n) is 14.4. The number of carbonyl (C=O) groups is 2. The predicted molar refractivity (Wildman–Crippen MR) is 98.8 cm³/mol. The first-order valence-corrected chi connectivity index (χ1v) is 8.56. The van der Waals surface area contributed by atoms with Gasteiger partial charge in [0.2, 0.25) is 0 Å². The molecule has 0 saturated carbocycles. The normalized spacial score (nSPS) is 13.1. The molecule has 0 aliphatic heterocycles. The SMILES string of the molecule is CC[C@@H](CC(=O)C(N)c1cccc(Cl)c1)c1ccc(C(=O)OC)cc1. The van der Waals surface area contributed by atoms with Crippen molar-refractivity contribution in [1.29, 1.82) is 0 Å². The molecule has 0 fully saturated rings. The van der Waals surface area contributed by atoms with Gasteiger partial charge in [-0.2, -0.15) is 0 Å². The molecule has 2 rings (SSSR count). The molecule has 0 aliphatic carbocycles. The van der Waals surface area contributed by atoms with E-state index in [1.807, 2.05) is 19.1 Å². The lowest BCUT2D eigenvalue weighted by Crippen LogP contribution is -2.23. The van der Waals surface area contributed by atoms with E-state index in [4.69, 9.17) is 22.1 Å². The van der Waals surface area contributed by atoms with Gasteiger partial charge in [-0.1, -0.05) is 42.8 Å². The number of ether oxygens (including phenoxy) is 1. The number of benzene rings is 2. The second-order valence-corrected chi connectivity index (χ2v) is 6.36. The number of methoxy groups -OCH3 is 1. The van der Waals surface area contributed by atoms with E-state index in [-0.39, 0.29) is 17.7 Å². The molecule has 1 unspecified atom stereocenters. The molecular weight excluding hydrogens is 338 g/mol. The van der Waals surface area contributed by atoms with Crippen LogP contribution in [-0.2, 0) is 9.53 Å². The maximum atomic E-state index is 12.6. The van der Waals surface area contributed by atoms with E-state index in [9.17, 15) is 9.59 Å². The summed E-state index contributed by atoms with van der Waals surface area (Å²) in [6.45, 7) is 2.02. The number of esters is 1. The zero-order chi connectivity index (χ0) is 18.4. The first-order chi connectivity index (χ1) is 12.0. The molecule has 0 spiro atoms. The third-order valence-electron chi connectivity index (χ3n) is 4.30. The van der Waals surface area contributed by atoms with E-state index in [2.05, 4.69) is 0 Å². The number of rotatable bonds is 7. The molecule has 2 N–H and O–H groups in total. The van der Waals surface area contributed by atoms with Crippen LogP contribution in [-0.4, -0.2) is 18.9 Å². The summed E-state index contributed by atoms with van der Waals surface area (Å²) in [4.78, 5) is 24.1. The van der Waals surface area contributed by atoms with E-state index in [1.165, 1.54) is 7.11 Å². The lowest BCUT2D eigenvalue weighted by atomic mass is 9.88. The number of hydrogen-bond acceptors (Lipinski definition) is 4. The Kier molecular flexibility index (Phi) is 6.73. The number of carbonyl (C=O) groups excluding carboxylic acids is 2. The van der Waals surface area contributed by atoms with Crippen molar-refractivity contribution in [2.75, 3.05) is 7.11 Å². The molecule has 132 valence electrons. The van der Waals surface area contributed by atoms with Gasteiger partial charge in [0.05, 0.1) is 18.7 Å². The van der Waals surface area contributed by atoms with E-state index < -0.39 is 6.04 Å². The zero-order valence-corrected chi connectivity index (χ0v) is 15.1. The lowest BCUT2D eigenvalue weighted by molar-refractivity contribution is -0.120. The van der Waals surface area contributed by atoms with Gasteiger partial charge in [0.1, 0.15) is 0 Å². The van der Waals surface area contributed by atoms with Crippen LogP contribution in [0.25, 0.3) is 0 Å². The highest BCUT2D eigenvalue weighted by Gasteiger charge is 2.21. The third-order valence-corrected chi connectivity index (χ3v) is 4.53. The fraction of sp³-hybridized carbons (Fsp3) is 0.300. The molecule has 5 heteroatoms. The van der Waals surface area contributed by atoms with Crippen molar-refractivity contribution in [3.05, 3.63) is 70.2 Å². The summed E-state index contributed by atoms with van der Waals surface area (Å²) < 4.78 is 4.70. The van der Waals surface area contributed by atoms with Gasteiger partial charge < -0.3 is 10.5 Å². The fourth-order valence-electron chi connectivity index (χ4n) is 2.76. The van der Waals surface area contributed by atoms with Crippen molar-refractivity contribution in [3.8, 4) is 0 Å². The van der Waals surface area contributed by atoms with E-state index >= 15 is 0 Å². The van der Waals surface area contributed by atoms with Gasteiger partial charge in [-0.05, 0) is 47.7 Å².